The van der Waals surface area contributed by atoms with Crippen LogP contribution in [0, 0.1) is 11.6 Å². The Morgan fingerprint density at radius 1 is 1.22 bits per heavy atom. The minimum Gasteiger partial charge on any atom is -0.490 e. The molecule has 0 fully saturated rings. The Morgan fingerprint density at radius 3 is 2.52 bits per heavy atom. The molecule has 2 aromatic rings. The topological polar surface area (TPSA) is 22.1 Å². The summed E-state index contributed by atoms with van der Waals surface area (Å²) in [6.45, 7) is 8.69. The van der Waals surface area contributed by atoms with E-state index in [2.05, 4.69) is 18.8 Å². The van der Waals surface area contributed by atoms with Gasteiger partial charge < -0.3 is 4.74 Å². The highest BCUT2D eigenvalue weighted by molar-refractivity contribution is 6.29. The molecule has 5 heteroatoms. The Kier molecular flexibility index (Phi) is 5.25. The standard InChI is InChI=1S/C16H14ClF2NO.C2H6/c1-3-16(2)8-21-15-10(16)7-13(17)20-14(15)9-4-5-11(18)12(19)6-9;1-2/h4-7H,3,8H2,1-2H3;1-2H3. The minimum atomic E-state index is -0.917. The van der Waals surface area contributed by atoms with Crippen LogP contribution in [0.25, 0.3) is 11.3 Å². The monoisotopic (exact) mass is 339 g/mol. The number of hydrogen-bond donors (Lipinski definition) is 0. The summed E-state index contributed by atoms with van der Waals surface area (Å²) < 4.78 is 32.3. The second-order valence-electron chi connectivity index (χ2n) is 5.50. The van der Waals surface area contributed by atoms with Crippen molar-refractivity contribution < 1.29 is 13.5 Å². The van der Waals surface area contributed by atoms with Crippen molar-refractivity contribution in [3.05, 3.63) is 46.6 Å². The Balaban J connectivity index is 0.000000924. The van der Waals surface area contributed by atoms with Crippen molar-refractivity contribution in [3.63, 3.8) is 0 Å². The molecule has 3 rings (SSSR count). The quantitative estimate of drug-likeness (QED) is 0.648. The Bertz CT molecular complexity index is 720. The van der Waals surface area contributed by atoms with Crippen LogP contribution in [0.5, 0.6) is 5.75 Å². The van der Waals surface area contributed by atoms with Gasteiger partial charge in [-0.3, -0.25) is 0 Å². The molecule has 0 bridgehead atoms. The van der Waals surface area contributed by atoms with Crippen LogP contribution in [0.2, 0.25) is 5.15 Å². The van der Waals surface area contributed by atoms with Crippen LogP contribution in [0.4, 0.5) is 8.78 Å². The number of pyridine rings is 1. The zero-order valence-electron chi connectivity index (χ0n) is 13.7. The highest BCUT2D eigenvalue weighted by Gasteiger charge is 2.37. The molecule has 1 atom stereocenters. The van der Waals surface area contributed by atoms with Gasteiger partial charge in [-0.2, -0.15) is 0 Å². The molecule has 2 heterocycles. The molecule has 124 valence electrons. The number of hydrogen-bond acceptors (Lipinski definition) is 2. The van der Waals surface area contributed by atoms with Crippen LogP contribution in [-0.4, -0.2) is 11.6 Å². The van der Waals surface area contributed by atoms with Crippen molar-refractivity contribution in [3.8, 4) is 17.0 Å². The molecule has 0 N–H and O–H groups in total. The molecule has 0 spiro atoms. The van der Waals surface area contributed by atoms with Gasteiger partial charge in [-0.25, -0.2) is 13.8 Å². The Hall–Kier alpha value is -1.68. The summed E-state index contributed by atoms with van der Waals surface area (Å²) in [5, 5.41) is 0.318. The van der Waals surface area contributed by atoms with E-state index in [9.17, 15) is 8.78 Å². The summed E-state index contributed by atoms with van der Waals surface area (Å²) in [5.41, 5.74) is 1.72. The molecule has 0 radical (unpaired) electrons. The maximum Gasteiger partial charge on any atom is 0.159 e. The fourth-order valence-corrected chi connectivity index (χ4v) is 2.73. The number of ether oxygens (including phenoxy) is 1. The molecule has 0 saturated carbocycles. The lowest BCUT2D eigenvalue weighted by molar-refractivity contribution is 0.273. The number of nitrogens with zero attached hydrogens (tertiary/aromatic N) is 1. The van der Waals surface area contributed by atoms with Gasteiger partial charge in [-0.15, -0.1) is 0 Å². The van der Waals surface area contributed by atoms with E-state index < -0.39 is 11.6 Å². The van der Waals surface area contributed by atoms with E-state index in [0.717, 1.165) is 24.1 Å². The van der Waals surface area contributed by atoms with Crippen LogP contribution >= 0.6 is 11.6 Å². The van der Waals surface area contributed by atoms with Gasteiger partial charge in [0, 0.05) is 16.5 Å². The number of rotatable bonds is 2. The smallest absolute Gasteiger partial charge is 0.159 e. The first-order valence-corrected chi connectivity index (χ1v) is 8.11. The summed E-state index contributed by atoms with van der Waals surface area (Å²) in [4.78, 5) is 4.24. The summed E-state index contributed by atoms with van der Waals surface area (Å²) in [5.74, 6) is -1.20. The molecule has 0 aliphatic carbocycles. The second-order valence-corrected chi connectivity index (χ2v) is 5.89. The first-order valence-electron chi connectivity index (χ1n) is 7.74. The average molecular weight is 340 g/mol. The van der Waals surface area contributed by atoms with E-state index in [-0.39, 0.29) is 5.41 Å². The number of halogens is 3. The van der Waals surface area contributed by atoms with E-state index in [1.165, 1.54) is 6.07 Å². The molecular formula is C18H20ClF2NO. The molecule has 1 aromatic heterocycles. The third kappa shape index (κ3) is 3.18. The van der Waals surface area contributed by atoms with Gasteiger partial charge >= 0.3 is 0 Å². The molecule has 2 nitrogen and oxygen atoms in total. The number of fused-ring (bicyclic) bond motifs is 1. The van der Waals surface area contributed by atoms with Crippen LogP contribution < -0.4 is 4.74 Å². The lowest BCUT2D eigenvalue weighted by Crippen LogP contribution is -2.22. The normalized spacial score (nSPS) is 18.7. The highest BCUT2D eigenvalue weighted by Crippen LogP contribution is 2.46. The minimum absolute atomic E-state index is 0.144. The first-order chi connectivity index (χ1) is 10.9. The van der Waals surface area contributed by atoms with E-state index in [1.54, 1.807) is 6.07 Å². The summed E-state index contributed by atoms with van der Waals surface area (Å²) in [6, 6.07) is 5.45. The van der Waals surface area contributed by atoms with Crippen molar-refractivity contribution in [1.29, 1.82) is 0 Å². The number of benzene rings is 1. The third-order valence-corrected chi connectivity index (χ3v) is 4.29. The zero-order chi connectivity index (χ0) is 17.2. The predicted octanol–water partition coefficient (Wildman–Crippen LogP) is 5.77. The van der Waals surface area contributed by atoms with Gasteiger partial charge in [-0.1, -0.05) is 39.3 Å². The second kappa shape index (κ2) is 6.83. The van der Waals surface area contributed by atoms with E-state index in [0.29, 0.717) is 28.8 Å². The Morgan fingerprint density at radius 2 is 1.91 bits per heavy atom. The molecule has 1 aliphatic rings. The van der Waals surface area contributed by atoms with Gasteiger partial charge in [-0.05, 0) is 30.7 Å². The van der Waals surface area contributed by atoms with Crippen LogP contribution in [0.15, 0.2) is 24.3 Å². The van der Waals surface area contributed by atoms with Gasteiger partial charge in [0.15, 0.2) is 11.6 Å². The van der Waals surface area contributed by atoms with Gasteiger partial charge in [0.05, 0.1) is 6.61 Å². The molecule has 0 saturated heterocycles. The first kappa shape index (κ1) is 17.7. The van der Waals surface area contributed by atoms with E-state index in [4.69, 9.17) is 16.3 Å². The van der Waals surface area contributed by atoms with Crippen molar-refractivity contribution >= 4 is 11.6 Å². The summed E-state index contributed by atoms with van der Waals surface area (Å²) in [6.07, 6.45) is 0.886. The van der Waals surface area contributed by atoms with Crippen molar-refractivity contribution in [2.45, 2.75) is 39.5 Å². The van der Waals surface area contributed by atoms with Crippen molar-refractivity contribution in [1.82, 2.24) is 4.98 Å². The lowest BCUT2D eigenvalue weighted by Gasteiger charge is -2.20. The SMILES string of the molecule is CC.CCC1(C)COc2c1cc(Cl)nc2-c1ccc(F)c(F)c1. The van der Waals surface area contributed by atoms with Crippen LogP contribution in [0.3, 0.4) is 0 Å². The van der Waals surface area contributed by atoms with Crippen LogP contribution in [0.1, 0.15) is 39.7 Å². The molecule has 0 amide bonds. The largest absolute Gasteiger partial charge is 0.490 e. The van der Waals surface area contributed by atoms with Gasteiger partial charge in [0.1, 0.15) is 16.6 Å². The van der Waals surface area contributed by atoms with Gasteiger partial charge in [0.2, 0.25) is 0 Å². The molecular weight excluding hydrogens is 320 g/mol. The zero-order valence-corrected chi connectivity index (χ0v) is 14.5. The lowest BCUT2D eigenvalue weighted by atomic mass is 9.82. The Labute approximate surface area is 140 Å². The van der Waals surface area contributed by atoms with Crippen molar-refractivity contribution in [2.75, 3.05) is 6.61 Å². The third-order valence-electron chi connectivity index (χ3n) is 4.10. The van der Waals surface area contributed by atoms with E-state index in [1.807, 2.05) is 13.8 Å². The van der Waals surface area contributed by atoms with Crippen LogP contribution in [-0.2, 0) is 5.41 Å². The van der Waals surface area contributed by atoms with Crippen molar-refractivity contribution in [2.24, 2.45) is 0 Å². The highest BCUT2D eigenvalue weighted by atomic mass is 35.5. The summed E-state index contributed by atoms with van der Waals surface area (Å²) >= 11 is 6.10. The molecule has 1 unspecified atom stereocenters. The maximum absolute atomic E-state index is 13.5. The number of aromatic nitrogens is 1. The fraction of sp³-hybridized carbons (Fsp3) is 0.389. The van der Waals surface area contributed by atoms with Gasteiger partial charge in [0.25, 0.3) is 0 Å². The predicted molar refractivity (Wildman–Crippen MR) is 89.1 cm³/mol. The average Bonchev–Trinajstić information content (AvgIpc) is 2.89. The molecule has 1 aliphatic heterocycles. The summed E-state index contributed by atoms with van der Waals surface area (Å²) in [7, 11) is 0. The molecule has 1 aromatic carbocycles. The maximum atomic E-state index is 13.5. The molecule has 23 heavy (non-hydrogen) atoms. The fourth-order valence-electron chi connectivity index (χ4n) is 2.54. The van der Waals surface area contributed by atoms with E-state index >= 15 is 0 Å².